The van der Waals surface area contributed by atoms with Gasteiger partial charge in [-0.2, -0.15) is 0 Å². The van der Waals surface area contributed by atoms with E-state index in [0.717, 1.165) is 31.6 Å². The van der Waals surface area contributed by atoms with E-state index in [0.29, 0.717) is 17.8 Å². The number of carbonyl (C=O) groups is 1. The minimum absolute atomic E-state index is 0.343. The molecular formula is C13H23N5O2. The van der Waals surface area contributed by atoms with Gasteiger partial charge in [0, 0.05) is 6.42 Å². The largest absolute Gasteiger partial charge is 0.480 e. The second-order valence-electron chi connectivity index (χ2n) is 6.19. The van der Waals surface area contributed by atoms with E-state index in [1.807, 2.05) is 0 Å². The number of nitrogens with zero attached hydrogens (tertiary/aromatic N) is 1. The molecule has 0 spiro atoms. The zero-order valence-electron chi connectivity index (χ0n) is 11.6. The van der Waals surface area contributed by atoms with Gasteiger partial charge < -0.3 is 10.4 Å². The average molecular weight is 281 g/mol. The third-order valence-corrected chi connectivity index (χ3v) is 4.95. The molecule has 7 nitrogen and oxygen atoms in total. The minimum atomic E-state index is -0.702. The molecule has 2 fully saturated rings. The molecule has 0 bridgehead atoms. The molecule has 0 aromatic heterocycles. The van der Waals surface area contributed by atoms with Gasteiger partial charge in [-0.15, -0.1) is 10.6 Å². The van der Waals surface area contributed by atoms with Crippen molar-refractivity contribution in [1.29, 1.82) is 0 Å². The molecule has 0 aromatic carbocycles. The lowest BCUT2D eigenvalue weighted by Crippen LogP contribution is -2.49. The van der Waals surface area contributed by atoms with E-state index in [-0.39, 0.29) is 6.04 Å². The minimum Gasteiger partial charge on any atom is -0.480 e. The van der Waals surface area contributed by atoms with Crippen LogP contribution in [0.5, 0.6) is 0 Å². The average Bonchev–Trinajstić information content (AvgIpc) is 2.97. The van der Waals surface area contributed by atoms with Gasteiger partial charge in [0.1, 0.15) is 11.9 Å². The van der Waals surface area contributed by atoms with Crippen LogP contribution in [0.4, 0.5) is 0 Å². The van der Waals surface area contributed by atoms with E-state index in [9.17, 15) is 4.79 Å². The summed E-state index contributed by atoms with van der Waals surface area (Å²) >= 11 is 0. The first-order chi connectivity index (χ1) is 9.72. The van der Waals surface area contributed by atoms with Gasteiger partial charge in [-0.1, -0.05) is 6.42 Å². The summed E-state index contributed by atoms with van der Waals surface area (Å²) in [6, 6.07) is -0.343. The normalized spacial score (nSPS) is 36.5. The van der Waals surface area contributed by atoms with E-state index in [2.05, 4.69) is 26.9 Å². The topological polar surface area (TPSA) is 97.8 Å². The number of hydrazine groups is 2. The molecule has 2 heterocycles. The molecule has 0 amide bonds. The number of hydrogen-bond acceptors (Lipinski definition) is 6. The van der Waals surface area contributed by atoms with Crippen LogP contribution >= 0.6 is 0 Å². The molecule has 2 aliphatic heterocycles. The van der Waals surface area contributed by atoms with Gasteiger partial charge in [-0.3, -0.25) is 10.2 Å². The van der Waals surface area contributed by atoms with Gasteiger partial charge in [-0.05, 0) is 50.0 Å². The van der Waals surface area contributed by atoms with E-state index >= 15 is 0 Å². The van der Waals surface area contributed by atoms with E-state index in [4.69, 9.17) is 5.11 Å². The Balaban J connectivity index is 1.49. The van der Waals surface area contributed by atoms with Crippen molar-refractivity contribution >= 4 is 11.8 Å². The SMILES string of the molecule is O=C(O)C1CC2CC(CCC3=NNNN3)CCC2CN1. The second-order valence-corrected chi connectivity index (χ2v) is 6.19. The van der Waals surface area contributed by atoms with Crippen LogP contribution < -0.4 is 21.8 Å². The van der Waals surface area contributed by atoms with Crippen LogP contribution in [0.1, 0.15) is 38.5 Å². The number of carboxylic acid groups (broad SMARTS) is 1. The number of carboxylic acids is 1. The van der Waals surface area contributed by atoms with Crippen molar-refractivity contribution < 1.29 is 9.90 Å². The first-order valence-electron chi connectivity index (χ1n) is 7.51. The third kappa shape index (κ3) is 3.04. The lowest BCUT2D eigenvalue weighted by atomic mass is 9.69. The van der Waals surface area contributed by atoms with Crippen molar-refractivity contribution in [3.63, 3.8) is 0 Å². The monoisotopic (exact) mass is 281 g/mol. The molecule has 1 saturated carbocycles. The Morgan fingerprint density at radius 1 is 1.30 bits per heavy atom. The number of rotatable bonds is 4. The maximum Gasteiger partial charge on any atom is 0.320 e. The number of amidine groups is 1. The Hall–Kier alpha value is -1.34. The molecule has 4 atom stereocenters. The Bertz CT molecular complexity index is 400. The van der Waals surface area contributed by atoms with Crippen LogP contribution in [0.2, 0.25) is 0 Å². The van der Waals surface area contributed by atoms with Crippen LogP contribution in [0, 0.1) is 17.8 Å². The molecule has 0 radical (unpaired) electrons. The van der Waals surface area contributed by atoms with Crippen molar-refractivity contribution in [2.24, 2.45) is 22.9 Å². The molecule has 0 aromatic rings. The molecule has 1 saturated heterocycles. The third-order valence-electron chi connectivity index (χ3n) is 4.95. The number of piperidine rings is 1. The zero-order valence-corrected chi connectivity index (χ0v) is 11.6. The van der Waals surface area contributed by atoms with E-state index in [1.165, 1.54) is 19.3 Å². The molecular weight excluding hydrogens is 258 g/mol. The summed E-state index contributed by atoms with van der Waals surface area (Å²) in [4.78, 5) is 11.1. The second kappa shape index (κ2) is 5.97. The van der Waals surface area contributed by atoms with Crippen LogP contribution in [-0.4, -0.2) is 29.5 Å². The molecule has 5 N–H and O–H groups in total. The smallest absolute Gasteiger partial charge is 0.320 e. The number of hydrazone groups is 1. The zero-order chi connectivity index (χ0) is 13.9. The highest BCUT2D eigenvalue weighted by molar-refractivity contribution is 5.82. The molecule has 3 aliphatic rings. The summed E-state index contributed by atoms with van der Waals surface area (Å²) in [6.45, 7) is 0.871. The van der Waals surface area contributed by atoms with Crippen molar-refractivity contribution in [3.05, 3.63) is 0 Å². The molecule has 20 heavy (non-hydrogen) atoms. The summed E-state index contributed by atoms with van der Waals surface area (Å²) in [6.07, 6.45) is 6.52. The quantitative estimate of drug-likeness (QED) is 0.504. The van der Waals surface area contributed by atoms with Crippen molar-refractivity contribution in [2.45, 2.75) is 44.6 Å². The summed E-state index contributed by atoms with van der Waals surface area (Å²) in [5.74, 6) is 2.21. The number of hydrogen-bond donors (Lipinski definition) is 5. The molecule has 1 aliphatic carbocycles. The number of nitrogens with one attached hydrogen (secondary N) is 4. The fraction of sp³-hybridized carbons (Fsp3) is 0.846. The van der Waals surface area contributed by atoms with Gasteiger partial charge in [0.25, 0.3) is 0 Å². The fourth-order valence-electron chi connectivity index (χ4n) is 3.79. The summed E-state index contributed by atoms with van der Waals surface area (Å²) in [5.41, 5.74) is 8.40. The predicted molar refractivity (Wildman–Crippen MR) is 74.4 cm³/mol. The van der Waals surface area contributed by atoms with E-state index in [1.54, 1.807) is 0 Å². The van der Waals surface area contributed by atoms with E-state index < -0.39 is 5.97 Å². The number of fused-ring (bicyclic) bond motifs is 1. The van der Waals surface area contributed by atoms with Crippen molar-refractivity contribution in [3.8, 4) is 0 Å². The van der Waals surface area contributed by atoms with Crippen LogP contribution in [0.25, 0.3) is 0 Å². The lowest BCUT2D eigenvalue weighted by Gasteiger charge is -2.41. The highest BCUT2D eigenvalue weighted by atomic mass is 16.4. The Morgan fingerprint density at radius 2 is 2.20 bits per heavy atom. The molecule has 3 rings (SSSR count). The van der Waals surface area contributed by atoms with Gasteiger partial charge >= 0.3 is 5.97 Å². The lowest BCUT2D eigenvalue weighted by molar-refractivity contribution is -0.141. The summed E-state index contributed by atoms with van der Waals surface area (Å²) < 4.78 is 0. The summed E-state index contributed by atoms with van der Waals surface area (Å²) in [7, 11) is 0. The highest BCUT2D eigenvalue weighted by Gasteiger charge is 2.37. The van der Waals surface area contributed by atoms with Gasteiger partial charge in [0.15, 0.2) is 0 Å². The molecule has 7 heteroatoms. The Morgan fingerprint density at radius 3 is 2.95 bits per heavy atom. The van der Waals surface area contributed by atoms with Crippen LogP contribution in [-0.2, 0) is 4.79 Å². The van der Waals surface area contributed by atoms with Gasteiger partial charge in [0.2, 0.25) is 0 Å². The Kier molecular flexibility index (Phi) is 4.07. The standard InChI is InChI=1S/C13H23N5O2/c19-13(20)11-6-10-5-8(1-3-9(10)7-14-11)2-4-12-15-17-18-16-12/h8-11,14,17-18H,1-7H2,(H,15,16)(H,19,20). The first kappa shape index (κ1) is 13.6. The summed E-state index contributed by atoms with van der Waals surface area (Å²) in [5, 5.41) is 16.4. The van der Waals surface area contributed by atoms with Crippen LogP contribution in [0.15, 0.2) is 5.10 Å². The van der Waals surface area contributed by atoms with Crippen LogP contribution in [0.3, 0.4) is 0 Å². The molecule has 112 valence electrons. The highest BCUT2D eigenvalue weighted by Crippen LogP contribution is 2.40. The maximum atomic E-state index is 11.1. The van der Waals surface area contributed by atoms with Crippen molar-refractivity contribution in [2.75, 3.05) is 6.54 Å². The number of aliphatic carboxylic acids is 1. The van der Waals surface area contributed by atoms with Crippen molar-refractivity contribution in [1.82, 2.24) is 21.8 Å². The van der Waals surface area contributed by atoms with Gasteiger partial charge in [-0.25, -0.2) is 5.53 Å². The first-order valence-corrected chi connectivity index (χ1v) is 7.51. The predicted octanol–water partition coefficient (Wildman–Crippen LogP) is 0.172. The maximum absolute atomic E-state index is 11.1. The van der Waals surface area contributed by atoms with Gasteiger partial charge in [0.05, 0.1) is 0 Å². The Labute approximate surface area is 118 Å². The molecule has 4 unspecified atom stereocenters. The fourth-order valence-corrected chi connectivity index (χ4v) is 3.79.